The maximum atomic E-state index is 11.8. The van der Waals surface area contributed by atoms with E-state index in [1.807, 2.05) is 0 Å². The molecule has 0 unspecified atom stereocenters. The molecule has 2 N–H and O–H groups in total. The van der Waals surface area contributed by atoms with Crippen LogP contribution in [0.2, 0.25) is 0 Å². The van der Waals surface area contributed by atoms with Crippen molar-refractivity contribution in [3.05, 3.63) is 21.9 Å². The van der Waals surface area contributed by atoms with Crippen molar-refractivity contribution in [2.24, 2.45) is 0 Å². The summed E-state index contributed by atoms with van der Waals surface area (Å²) in [5.74, 6) is 0. The molecule has 1 atom stereocenters. The third kappa shape index (κ3) is 5.30. The van der Waals surface area contributed by atoms with Crippen LogP contribution in [0.4, 0.5) is 4.79 Å². The summed E-state index contributed by atoms with van der Waals surface area (Å²) in [6.45, 7) is 9.00. The number of thiophene rings is 1. The predicted octanol–water partition coefficient (Wildman–Crippen LogP) is 1.83. The average molecular weight is 311 g/mol. The Hall–Kier alpha value is -1.11. The minimum absolute atomic E-state index is 0.0958. The molecule has 1 aliphatic rings. The van der Waals surface area contributed by atoms with Crippen LogP contribution in [0.5, 0.6) is 0 Å². The van der Waals surface area contributed by atoms with Gasteiger partial charge in [0.2, 0.25) is 0 Å². The average Bonchev–Trinajstić information content (AvgIpc) is 2.99. The molecule has 1 saturated heterocycles. The predicted molar refractivity (Wildman–Crippen MR) is 85.8 cm³/mol. The number of carbonyl (C=O) groups is 1. The number of ether oxygens (including phenoxy) is 1. The molecule has 5 nitrogen and oxygen atoms in total. The zero-order valence-electron chi connectivity index (χ0n) is 12.9. The first kappa shape index (κ1) is 16.3. The maximum Gasteiger partial charge on any atom is 0.315 e. The molecule has 2 rings (SSSR count). The molecule has 0 spiro atoms. The van der Waals surface area contributed by atoms with Gasteiger partial charge in [-0.1, -0.05) is 6.92 Å². The van der Waals surface area contributed by atoms with Crippen LogP contribution >= 0.6 is 11.3 Å². The molecule has 0 saturated carbocycles. The van der Waals surface area contributed by atoms with E-state index in [1.165, 1.54) is 9.75 Å². The van der Waals surface area contributed by atoms with Crippen molar-refractivity contribution in [3.8, 4) is 0 Å². The fourth-order valence-corrected chi connectivity index (χ4v) is 3.22. The van der Waals surface area contributed by atoms with Crippen LogP contribution in [-0.2, 0) is 17.7 Å². The summed E-state index contributed by atoms with van der Waals surface area (Å²) in [6.07, 6.45) is 1.05. The van der Waals surface area contributed by atoms with E-state index in [4.69, 9.17) is 4.74 Å². The van der Waals surface area contributed by atoms with Crippen LogP contribution in [0.15, 0.2) is 12.1 Å². The first-order chi connectivity index (χ1) is 10.2. The Kier molecular flexibility index (Phi) is 6.48. The minimum Gasteiger partial charge on any atom is -0.379 e. The summed E-state index contributed by atoms with van der Waals surface area (Å²) in [5.41, 5.74) is 0. The van der Waals surface area contributed by atoms with E-state index < -0.39 is 0 Å². The molecule has 0 radical (unpaired) electrons. The standard InChI is InChI=1S/C15H25N3O2S/c1-3-13-4-5-14(21-13)11-17-15(19)16-10-12(2)18-6-8-20-9-7-18/h4-5,12H,3,6-11H2,1-2H3,(H2,16,17,19)/t12-/m0/s1. The molecule has 6 heteroatoms. The molecule has 1 aromatic rings. The van der Waals surface area contributed by atoms with Crippen LogP contribution in [0.1, 0.15) is 23.6 Å². The quantitative estimate of drug-likeness (QED) is 0.843. The number of nitrogens with one attached hydrogen (secondary N) is 2. The number of aryl methyl sites for hydroxylation is 1. The van der Waals surface area contributed by atoms with Crippen LogP contribution in [0, 0.1) is 0 Å². The van der Waals surface area contributed by atoms with Gasteiger partial charge in [-0.05, 0) is 25.5 Å². The van der Waals surface area contributed by atoms with Crippen LogP contribution in [0.25, 0.3) is 0 Å². The van der Waals surface area contributed by atoms with Crippen molar-refractivity contribution < 1.29 is 9.53 Å². The monoisotopic (exact) mass is 311 g/mol. The summed E-state index contributed by atoms with van der Waals surface area (Å²) in [4.78, 5) is 16.7. The maximum absolute atomic E-state index is 11.8. The lowest BCUT2D eigenvalue weighted by molar-refractivity contribution is 0.0209. The smallest absolute Gasteiger partial charge is 0.315 e. The van der Waals surface area contributed by atoms with E-state index in [0.29, 0.717) is 19.1 Å². The van der Waals surface area contributed by atoms with E-state index in [-0.39, 0.29) is 6.03 Å². The van der Waals surface area contributed by atoms with Gasteiger partial charge >= 0.3 is 6.03 Å². The van der Waals surface area contributed by atoms with Crippen molar-refractivity contribution in [1.82, 2.24) is 15.5 Å². The van der Waals surface area contributed by atoms with Crippen molar-refractivity contribution >= 4 is 17.4 Å². The van der Waals surface area contributed by atoms with Gasteiger partial charge in [-0.3, -0.25) is 4.90 Å². The molecular weight excluding hydrogens is 286 g/mol. The summed E-state index contributed by atoms with van der Waals surface area (Å²) >= 11 is 1.76. The number of carbonyl (C=O) groups excluding carboxylic acids is 1. The van der Waals surface area contributed by atoms with Gasteiger partial charge < -0.3 is 15.4 Å². The van der Waals surface area contributed by atoms with Gasteiger partial charge in [0.05, 0.1) is 19.8 Å². The minimum atomic E-state index is -0.0958. The van der Waals surface area contributed by atoms with Gasteiger partial charge in [-0.25, -0.2) is 4.79 Å². The summed E-state index contributed by atoms with van der Waals surface area (Å²) in [6, 6.07) is 4.45. The Morgan fingerprint density at radius 3 is 2.71 bits per heavy atom. The van der Waals surface area contributed by atoms with E-state index >= 15 is 0 Å². The van der Waals surface area contributed by atoms with E-state index in [2.05, 4.69) is 41.5 Å². The molecule has 1 aliphatic heterocycles. The number of amides is 2. The lowest BCUT2D eigenvalue weighted by atomic mass is 10.2. The molecule has 118 valence electrons. The van der Waals surface area contributed by atoms with Crippen molar-refractivity contribution in [2.45, 2.75) is 32.9 Å². The number of nitrogens with zero attached hydrogens (tertiary/aromatic N) is 1. The van der Waals surface area contributed by atoms with Crippen molar-refractivity contribution in [2.75, 3.05) is 32.8 Å². The Balaban J connectivity index is 1.64. The van der Waals surface area contributed by atoms with Crippen LogP contribution < -0.4 is 10.6 Å². The highest BCUT2D eigenvalue weighted by Crippen LogP contribution is 2.16. The van der Waals surface area contributed by atoms with Gasteiger partial charge in [-0.2, -0.15) is 0 Å². The first-order valence-electron chi connectivity index (χ1n) is 7.60. The van der Waals surface area contributed by atoms with E-state index in [0.717, 1.165) is 32.7 Å². The number of hydrogen-bond acceptors (Lipinski definition) is 4. The molecule has 0 aromatic carbocycles. The van der Waals surface area contributed by atoms with Gasteiger partial charge in [-0.15, -0.1) is 11.3 Å². The molecule has 0 aliphatic carbocycles. The molecule has 1 aromatic heterocycles. The van der Waals surface area contributed by atoms with Gasteiger partial charge in [0.25, 0.3) is 0 Å². The largest absolute Gasteiger partial charge is 0.379 e. The third-order valence-electron chi connectivity index (χ3n) is 3.72. The van der Waals surface area contributed by atoms with Crippen molar-refractivity contribution in [3.63, 3.8) is 0 Å². The molecule has 2 heterocycles. The van der Waals surface area contributed by atoms with Gasteiger partial charge in [0.1, 0.15) is 0 Å². The highest BCUT2D eigenvalue weighted by Gasteiger charge is 2.17. The molecular formula is C15H25N3O2S. The fraction of sp³-hybridized carbons (Fsp3) is 0.667. The van der Waals surface area contributed by atoms with Gasteiger partial charge in [0.15, 0.2) is 0 Å². The first-order valence-corrected chi connectivity index (χ1v) is 8.41. The Labute approximate surface area is 130 Å². The SMILES string of the molecule is CCc1ccc(CNC(=O)NC[C@H](C)N2CCOCC2)s1. The highest BCUT2D eigenvalue weighted by molar-refractivity contribution is 7.11. The fourth-order valence-electron chi connectivity index (χ4n) is 2.32. The number of urea groups is 1. The second kappa shape index (κ2) is 8.36. The molecule has 2 amide bonds. The number of morpholine rings is 1. The van der Waals surface area contributed by atoms with E-state index in [9.17, 15) is 4.79 Å². The normalized spacial score (nSPS) is 17.4. The lowest BCUT2D eigenvalue weighted by Crippen LogP contribution is -2.48. The molecule has 21 heavy (non-hydrogen) atoms. The Bertz CT molecular complexity index is 444. The highest BCUT2D eigenvalue weighted by atomic mass is 32.1. The Morgan fingerprint density at radius 1 is 1.33 bits per heavy atom. The zero-order valence-corrected chi connectivity index (χ0v) is 13.7. The second-order valence-corrected chi connectivity index (χ2v) is 6.54. The van der Waals surface area contributed by atoms with Crippen LogP contribution in [-0.4, -0.2) is 49.8 Å². The topological polar surface area (TPSA) is 53.6 Å². The van der Waals surface area contributed by atoms with Crippen molar-refractivity contribution in [1.29, 1.82) is 0 Å². The summed E-state index contributed by atoms with van der Waals surface area (Å²) in [5, 5.41) is 5.85. The van der Waals surface area contributed by atoms with Crippen LogP contribution in [0.3, 0.4) is 0 Å². The number of hydrogen-bond donors (Lipinski definition) is 2. The number of rotatable bonds is 6. The molecule has 0 bridgehead atoms. The third-order valence-corrected chi connectivity index (χ3v) is 4.95. The van der Waals surface area contributed by atoms with E-state index in [1.54, 1.807) is 11.3 Å². The second-order valence-electron chi connectivity index (χ2n) is 5.28. The molecule has 1 fully saturated rings. The summed E-state index contributed by atoms with van der Waals surface area (Å²) < 4.78 is 5.33. The summed E-state index contributed by atoms with van der Waals surface area (Å²) in [7, 11) is 0. The zero-order chi connectivity index (χ0) is 15.1. The lowest BCUT2D eigenvalue weighted by Gasteiger charge is -2.32. The Morgan fingerprint density at radius 2 is 2.05 bits per heavy atom. The van der Waals surface area contributed by atoms with Gasteiger partial charge in [0, 0.05) is 35.4 Å².